The summed E-state index contributed by atoms with van der Waals surface area (Å²) in [6.45, 7) is 18.0. The highest BCUT2D eigenvalue weighted by atomic mass is 16.3. The summed E-state index contributed by atoms with van der Waals surface area (Å²) < 4.78 is 0. The predicted octanol–water partition coefficient (Wildman–Crippen LogP) is 6.69. The summed E-state index contributed by atoms with van der Waals surface area (Å²) in [4.78, 5) is 23.8. The Morgan fingerprint density at radius 2 is 1.79 bits per heavy atom. The third-order valence-electron chi connectivity index (χ3n) is 11.7. The molecule has 0 heterocycles. The number of carbonyl (C=O) groups is 2. The maximum absolute atomic E-state index is 12.9. The Balaban J connectivity index is 1.61. The molecule has 8 atom stereocenters. The molecule has 4 saturated carbocycles. The minimum absolute atomic E-state index is 0.0179. The van der Waals surface area contributed by atoms with Crippen LogP contribution in [0.2, 0.25) is 0 Å². The summed E-state index contributed by atoms with van der Waals surface area (Å²) in [5.41, 5.74) is 2.01. The van der Waals surface area contributed by atoms with Gasteiger partial charge in [-0.15, -0.1) is 0 Å². The standard InChI is InChI=1S/C30H46O3/c1-19(18-31)9-8-10-20(2)21-13-16-29(6)22(21)11-12-24-28(5)15-14-25(33)27(3,4)26(28)23(32)17-30(24,29)7/h9,18,21-24,26,32H,2,8,10-17H2,1,3-7H3. The lowest BCUT2D eigenvalue weighted by atomic mass is 9.35. The van der Waals surface area contributed by atoms with Crippen LogP contribution in [0, 0.1) is 45.3 Å². The van der Waals surface area contributed by atoms with Gasteiger partial charge in [-0.3, -0.25) is 9.59 Å². The Morgan fingerprint density at radius 3 is 2.45 bits per heavy atom. The van der Waals surface area contributed by atoms with Gasteiger partial charge in [0.05, 0.1) is 6.10 Å². The number of ketones is 1. The van der Waals surface area contributed by atoms with Gasteiger partial charge in [0.25, 0.3) is 0 Å². The molecule has 0 aliphatic heterocycles. The van der Waals surface area contributed by atoms with Crippen LogP contribution in [0.3, 0.4) is 0 Å². The van der Waals surface area contributed by atoms with Gasteiger partial charge in [-0.25, -0.2) is 0 Å². The molecule has 0 amide bonds. The SMILES string of the molecule is C=C(CCC=C(C)C=O)C1CCC2(C)C1CCC1C3(C)CCC(=O)C(C)(C)C3C(O)CC12C. The van der Waals surface area contributed by atoms with Crippen molar-refractivity contribution in [3.8, 4) is 0 Å². The molecule has 0 aromatic rings. The zero-order valence-electron chi connectivity index (χ0n) is 21.9. The number of rotatable bonds is 5. The number of aliphatic hydroxyl groups excluding tert-OH is 1. The molecule has 4 aliphatic carbocycles. The molecule has 3 nitrogen and oxygen atoms in total. The first-order valence-electron chi connectivity index (χ1n) is 13.3. The summed E-state index contributed by atoms with van der Waals surface area (Å²) in [6.07, 6.45) is 11.6. The van der Waals surface area contributed by atoms with Crippen LogP contribution in [0.1, 0.15) is 99.3 Å². The Bertz CT molecular complexity index is 868. The largest absolute Gasteiger partial charge is 0.393 e. The van der Waals surface area contributed by atoms with Crippen molar-refractivity contribution in [1.82, 2.24) is 0 Å². The van der Waals surface area contributed by atoms with Gasteiger partial charge in [-0.2, -0.15) is 0 Å². The summed E-state index contributed by atoms with van der Waals surface area (Å²) in [6, 6.07) is 0. The van der Waals surface area contributed by atoms with Crippen molar-refractivity contribution >= 4 is 12.1 Å². The number of aldehydes is 1. The monoisotopic (exact) mass is 454 g/mol. The van der Waals surface area contributed by atoms with E-state index in [2.05, 4.69) is 41.2 Å². The van der Waals surface area contributed by atoms with Gasteiger partial charge in [0.2, 0.25) is 0 Å². The van der Waals surface area contributed by atoms with Gasteiger partial charge in [-0.1, -0.05) is 52.8 Å². The first-order chi connectivity index (χ1) is 15.3. The molecule has 184 valence electrons. The average molecular weight is 455 g/mol. The highest BCUT2D eigenvalue weighted by Crippen LogP contribution is 2.75. The number of carbonyl (C=O) groups excluding carboxylic acids is 2. The number of aliphatic hydroxyl groups is 1. The Morgan fingerprint density at radius 1 is 1.09 bits per heavy atom. The maximum atomic E-state index is 12.9. The fourth-order valence-electron chi connectivity index (χ4n) is 9.94. The normalized spacial score (nSPS) is 46.8. The topological polar surface area (TPSA) is 54.4 Å². The van der Waals surface area contributed by atoms with Crippen LogP contribution in [0.4, 0.5) is 0 Å². The summed E-state index contributed by atoms with van der Waals surface area (Å²) in [5, 5.41) is 11.6. The second kappa shape index (κ2) is 8.18. The van der Waals surface area contributed by atoms with E-state index in [1.165, 1.54) is 31.3 Å². The van der Waals surface area contributed by atoms with Crippen molar-refractivity contribution < 1.29 is 14.7 Å². The lowest BCUT2D eigenvalue weighted by Gasteiger charge is -2.70. The van der Waals surface area contributed by atoms with Crippen molar-refractivity contribution in [2.24, 2.45) is 45.3 Å². The van der Waals surface area contributed by atoms with Gasteiger partial charge in [0.15, 0.2) is 0 Å². The van der Waals surface area contributed by atoms with E-state index in [4.69, 9.17) is 0 Å². The summed E-state index contributed by atoms with van der Waals surface area (Å²) >= 11 is 0. The Labute approximate surface area is 201 Å². The molecule has 0 bridgehead atoms. The molecule has 4 fully saturated rings. The average Bonchev–Trinajstić information content (AvgIpc) is 3.09. The molecule has 1 N–H and O–H groups in total. The number of fused-ring (bicyclic) bond motifs is 5. The van der Waals surface area contributed by atoms with E-state index in [1.807, 2.05) is 13.0 Å². The second-order valence-electron chi connectivity index (χ2n) is 13.4. The van der Waals surface area contributed by atoms with Crippen LogP contribution < -0.4 is 0 Å². The predicted molar refractivity (Wildman–Crippen MR) is 134 cm³/mol. The maximum Gasteiger partial charge on any atom is 0.145 e. The van der Waals surface area contributed by atoms with Gasteiger partial charge in [0, 0.05) is 17.8 Å². The van der Waals surface area contributed by atoms with Crippen LogP contribution in [0.5, 0.6) is 0 Å². The zero-order valence-corrected chi connectivity index (χ0v) is 21.9. The van der Waals surface area contributed by atoms with Crippen molar-refractivity contribution in [2.75, 3.05) is 0 Å². The number of hydrogen-bond acceptors (Lipinski definition) is 3. The third kappa shape index (κ3) is 3.46. The molecule has 0 spiro atoms. The van der Waals surface area contributed by atoms with Crippen LogP contribution in [0.15, 0.2) is 23.8 Å². The molecule has 4 rings (SSSR count). The van der Waals surface area contributed by atoms with E-state index in [-0.39, 0.29) is 22.2 Å². The van der Waals surface area contributed by atoms with Crippen LogP contribution >= 0.6 is 0 Å². The molecule has 3 heteroatoms. The third-order valence-corrected chi connectivity index (χ3v) is 11.7. The van der Waals surface area contributed by atoms with E-state index >= 15 is 0 Å². The fraction of sp³-hybridized carbons (Fsp3) is 0.800. The molecule has 8 unspecified atom stereocenters. The molecule has 0 saturated heterocycles. The highest BCUT2D eigenvalue weighted by Gasteiger charge is 2.70. The van der Waals surface area contributed by atoms with E-state index in [9.17, 15) is 14.7 Å². The Kier molecular flexibility index (Phi) is 6.17. The van der Waals surface area contributed by atoms with Gasteiger partial charge in [0.1, 0.15) is 12.1 Å². The second-order valence-corrected chi connectivity index (χ2v) is 13.4. The Hall–Kier alpha value is -1.22. The number of Topliss-reactive ketones (excluding diaryl/α,β-unsaturated/α-hetero) is 1. The molecule has 0 aromatic carbocycles. The fourth-order valence-corrected chi connectivity index (χ4v) is 9.94. The molecular weight excluding hydrogens is 408 g/mol. The lowest BCUT2D eigenvalue weighted by molar-refractivity contribution is -0.235. The smallest absolute Gasteiger partial charge is 0.145 e. The van der Waals surface area contributed by atoms with Crippen LogP contribution in [-0.4, -0.2) is 23.3 Å². The lowest BCUT2D eigenvalue weighted by Crippen LogP contribution is -2.67. The van der Waals surface area contributed by atoms with E-state index in [0.717, 1.165) is 37.5 Å². The van der Waals surface area contributed by atoms with Gasteiger partial charge in [-0.05, 0) is 97.9 Å². The molecule has 4 aliphatic rings. The minimum Gasteiger partial charge on any atom is -0.393 e. The first kappa shape index (κ1) is 24.9. The molecular formula is C30H46O3. The summed E-state index contributed by atoms with van der Waals surface area (Å²) in [5.74, 6) is 2.11. The van der Waals surface area contributed by atoms with Gasteiger partial charge >= 0.3 is 0 Å². The first-order valence-corrected chi connectivity index (χ1v) is 13.3. The molecule has 33 heavy (non-hydrogen) atoms. The van der Waals surface area contributed by atoms with E-state index in [1.54, 1.807) is 0 Å². The molecule has 0 aromatic heterocycles. The zero-order chi connectivity index (χ0) is 24.4. The summed E-state index contributed by atoms with van der Waals surface area (Å²) in [7, 11) is 0. The highest BCUT2D eigenvalue weighted by molar-refractivity contribution is 5.85. The van der Waals surface area contributed by atoms with Crippen molar-refractivity contribution in [1.29, 1.82) is 0 Å². The number of allylic oxidation sites excluding steroid dienone is 3. The van der Waals surface area contributed by atoms with E-state index in [0.29, 0.717) is 30.0 Å². The van der Waals surface area contributed by atoms with Crippen molar-refractivity contribution in [2.45, 2.75) is 105 Å². The quantitative estimate of drug-likeness (QED) is 0.286. The van der Waals surface area contributed by atoms with Crippen LogP contribution in [0.25, 0.3) is 0 Å². The van der Waals surface area contributed by atoms with Crippen molar-refractivity contribution in [3.05, 3.63) is 23.8 Å². The van der Waals surface area contributed by atoms with E-state index < -0.39 is 11.5 Å². The van der Waals surface area contributed by atoms with Gasteiger partial charge < -0.3 is 5.11 Å². The minimum atomic E-state index is -0.439. The van der Waals surface area contributed by atoms with Crippen molar-refractivity contribution in [3.63, 3.8) is 0 Å². The van der Waals surface area contributed by atoms with Crippen LogP contribution in [-0.2, 0) is 9.59 Å². The number of hydrogen-bond donors (Lipinski definition) is 1. The molecule has 0 radical (unpaired) electrons.